The van der Waals surface area contributed by atoms with Crippen LogP contribution >= 0.6 is 0 Å². The van der Waals surface area contributed by atoms with E-state index in [9.17, 15) is 0 Å². The molecule has 0 heterocycles. The predicted octanol–water partition coefficient (Wildman–Crippen LogP) is 1.10. The van der Waals surface area contributed by atoms with Gasteiger partial charge in [-0.3, -0.25) is 0 Å². The Morgan fingerprint density at radius 1 is 1.30 bits per heavy atom. The van der Waals surface area contributed by atoms with Crippen LogP contribution in [0.25, 0.3) is 0 Å². The molecule has 4 N–H and O–H groups in total. The first kappa shape index (κ1) is 9.92. The molecule has 10 heavy (non-hydrogen) atoms. The third kappa shape index (κ3) is 3.85. The van der Waals surface area contributed by atoms with E-state index in [4.69, 9.17) is 11.5 Å². The lowest BCUT2D eigenvalue weighted by atomic mass is 9.96. The highest BCUT2D eigenvalue weighted by Crippen LogP contribution is 2.09. The van der Waals surface area contributed by atoms with Crippen molar-refractivity contribution in [2.75, 3.05) is 6.54 Å². The van der Waals surface area contributed by atoms with E-state index in [1.165, 1.54) is 6.42 Å². The Hall–Kier alpha value is -0.0800. The van der Waals surface area contributed by atoms with Crippen LogP contribution in [0.2, 0.25) is 0 Å². The standard InChI is InChI=1S/C8H20N2/c1-3-4-8(10)7(2)5-6-9/h7-8H,3-6,9-10H2,1-2H3. The second-order valence-electron chi connectivity index (χ2n) is 3.01. The molecule has 2 atom stereocenters. The molecule has 0 saturated heterocycles. The Morgan fingerprint density at radius 3 is 2.30 bits per heavy atom. The molecule has 0 aromatic heterocycles. The van der Waals surface area contributed by atoms with Crippen molar-refractivity contribution in [3.05, 3.63) is 0 Å². The molecule has 2 heteroatoms. The Kier molecular flexibility index (Phi) is 5.64. The molecule has 0 spiro atoms. The maximum Gasteiger partial charge on any atom is 0.00648 e. The zero-order valence-corrected chi connectivity index (χ0v) is 7.14. The topological polar surface area (TPSA) is 52.0 Å². The summed E-state index contributed by atoms with van der Waals surface area (Å²) in [4.78, 5) is 0. The van der Waals surface area contributed by atoms with Crippen LogP contribution in [0.4, 0.5) is 0 Å². The summed E-state index contributed by atoms with van der Waals surface area (Å²) in [5.41, 5.74) is 11.3. The van der Waals surface area contributed by atoms with Crippen molar-refractivity contribution in [3.63, 3.8) is 0 Å². The third-order valence-corrected chi connectivity index (χ3v) is 1.97. The molecule has 0 saturated carbocycles. The summed E-state index contributed by atoms with van der Waals surface area (Å²) in [6, 6.07) is 0.355. The Morgan fingerprint density at radius 2 is 1.90 bits per heavy atom. The van der Waals surface area contributed by atoms with E-state index in [1.54, 1.807) is 0 Å². The van der Waals surface area contributed by atoms with Crippen LogP contribution in [-0.2, 0) is 0 Å². The van der Waals surface area contributed by atoms with Crippen LogP contribution in [0.1, 0.15) is 33.1 Å². The largest absolute Gasteiger partial charge is 0.330 e. The summed E-state index contributed by atoms with van der Waals surface area (Å²) < 4.78 is 0. The predicted molar refractivity (Wildman–Crippen MR) is 45.7 cm³/mol. The first-order chi connectivity index (χ1) is 4.72. The minimum absolute atomic E-state index is 0.355. The lowest BCUT2D eigenvalue weighted by Crippen LogP contribution is -2.29. The van der Waals surface area contributed by atoms with Gasteiger partial charge in [0.1, 0.15) is 0 Å². The smallest absolute Gasteiger partial charge is 0.00648 e. The van der Waals surface area contributed by atoms with E-state index in [-0.39, 0.29) is 0 Å². The summed E-state index contributed by atoms with van der Waals surface area (Å²) in [7, 11) is 0. The van der Waals surface area contributed by atoms with Gasteiger partial charge in [-0.1, -0.05) is 20.3 Å². The van der Waals surface area contributed by atoms with Crippen LogP contribution in [0, 0.1) is 5.92 Å². The zero-order chi connectivity index (χ0) is 7.98. The molecule has 0 bridgehead atoms. The van der Waals surface area contributed by atoms with Crippen LogP contribution in [0.5, 0.6) is 0 Å². The fourth-order valence-electron chi connectivity index (χ4n) is 1.09. The van der Waals surface area contributed by atoms with Gasteiger partial charge in [-0.2, -0.15) is 0 Å². The van der Waals surface area contributed by atoms with Crippen molar-refractivity contribution >= 4 is 0 Å². The van der Waals surface area contributed by atoms with Crippen molar-refractivity contribution in [1.82, 2.24) is 0 Å². The van der Waals surface area contributed by atoms with Gasteiger partial charge in [0, 0.05) is 6.04 Å². The average Bonchev–Trinajstić information content (AvgIpc) is 1.89. The molecule has 0 rings (SSSR count). The lowest BCUT2D eigenvalue weighted by molar-refractivity contribution is 0.408. The van der Waals surface area contributed by atoms with Crippen LogP contribution in [0.3, 0.4) is 0 Å². The van der Waals surface area contributed by atoms with Gasteiger partial charge in [0.25, 0.3) is 0 Å². The van der Waals surface area contributed by atoms with Gasteiger partial charge < -0.3 is 11.5 Å². The van der Waals surface area contributed by atoms with Crippen LogP contribution < -0.4 is 11.5 Å². The minimum atomic E-state index is 0.355. The summed E-state index contributed by atoms with van der Waals surface area (Å²) >= 11 is 0. The van der Waals surface area contributed by atoms with Crippen molar-refractivity contribution in [3.8, 4) is 0 Å². The fraction of sp³-hybridized carbons (Fsp3) is 1.00. The van der Waals surface area contributed by atoms with E-state index in [2.05, 4.69) is 13.8 Å². The van der Waals surface area contributed by atoms with Gasteiger partial charge in [0.15, 0.2) is 0 Å². The maximum absolute atomic E-state index is 5.86. The quantitative estimate of drug-likeness (QED) is 0.607. The fourth-order valence-corrected chi connectivity index (χ4v) is 1.09. The second kappa shape index (κ2) is 5.69. The zero-order valence-electron chi connectivity index (χ0n) is 7.14. The van der Waals surface area contributed by atoms with Crippen molar-refractivity contribution < 1.29 is 0 Å². The van der Waals surface area contributed by atoms with E-state index in [1.807, 2.05) is 0 Å². The second-order valence-corrected chi connectivity index (χ2v) is 3.01. The molecular formula is C8H20N2. The van der Waals surface area contributed by atoms with Crippen molar-refractivity contribution in [2.24, 2.45) is 17.4 Å². The molecule has 0 aliphatic carbocycles. The highest BCUT2D eigenvalue weighted by atomic mass is 14.6. The molecule has 0 amide bonds. The molecular weight excluding hydrogens is 124 g/mol. The van der Waals surface area contributed by atoms with E-state index in [0.717, 1.165) is 19.4 Å². The summed E-state index contributed by atoms with van der Waals surface area (Å²) in [5, 5.41) is 0. The summed E-state index contributed by atoms with van der Waals surface area (Å²) in [5.74, 6) is 0.588. The molecule has 2 unspecified atom stereocenters. The summed E-state index contributed by atoms with van der Waals surface area (Å²) in [6.07, 6.45) is 3.36. The third-order valence-electron chi connectivity index (χ3n) is 1.97. The SMILES string of the molecule is CCCC(N)C(C)CCN. The normalized spacial score (nSPS) is 16.8. The molecule has 62 valence electrons. The number of hydrogen-bond donors (Lipinski definition) is 2. The number of nitrogens with two attached hydrogens (primary N) is 2. The van der Waals surface area contributed by atoms with Gasteiger partial charge in [0.2, 0.25) is 0 Å². The van der Waals surface area contributed by atoms with Crippen molar-refractivity contribution in [2.45, 2.75) is 39.2 Å². The molecule has 0 aromatic rings. The van der Waals surface area contributed by atoms with Gasteiger partial charge in [-0.25, -0.2) is 0 Å². The van der Waals surface area contributed by atoms with Gasteiger partial charge >= 0.3 is 0 Å². The maximum atomic E-state index is 5.86. The Balaban J connectivity index is 3.38. The van der Waals surface area contributed by atoms with Crippen LogP contribution in [-0.4, -0.2) is 12.6 Å². The average molecular weight is 144 g/mol. The first-order valence-corrected chi connectivity index (χ1v) is 4.18. The number of hydrogen-bond acceptors (Lipinski definition) is 2. The van der Waals surface area contributed by atoms with E-state index >= 15 is 0 Å². The first-order valence-electron chi connectivity index (χ1n) is 4.18. The van der Waals surface area contributed by atoms with E-state index < -0.39 is 0 Å². The lowest BCUT2D eigenvalue weighted by Gasteiger charge is -2.17. The molecule has 0 aliphatic heterocycles. The van der Waals surface area contributed by atoms with E-state index in [0.29, 0.717) is 12.0 Å². The van der Waals surface area contributed by atoms with Gasteiger partial charge in [0.05, 0.1) is 0 Å². The highest BCUT2D eigenvalue weighted by Gasteiger charge is 2.09. The molecule has 0 aliphatic rings. The molecule has 0 radical (unpaired) electrons. The number of rotatable bonds is 5. The minimum Gasteiger partial charge on any atom is -0.330 e. The molecule has 0 fully saturated rings. The van der Waals surface area contributed by atoms with Crippen LogP contribution in [0.15, 0.2) is 0 Å². The summed E-state index contributed by atoms with van der Waals surface area (Å²) in [6.45, 7) is 5.10. The highest BCUT2D eigenvalue weighted by molar-refractivity contribution is 4.68. The Labute approximate surface area is 64.0 Å². The van der Waals surface area contributed by atoms with Gasteiger partial charge in [-0.15, -0.1) is 0 Å². The molecule has 2 nitrogen and oxygen atoms in total. The Bertz CT molecular complexity index is 63.7. The monoisotopic (exact) mass is 144 g/mol. The van der Waals surface area contributed by atoms with Crippen molar-refractivity contribution in [1.29, 1.82) is 0 Å². The van der Waals surface area contributed by atoms with Gasteiger partial charge in [-0.05, 0) is 25.3 Å². The molecule has 0 aromatic carbocycles.